The van der Waals surface area contributed by atoms with Crippen LogP contribution in [-0.4, -0.2) is 16.7 Å². The van der Waals surface area contributed by atoms with Crippen molar-refractivity contribution in [3.05, 3.63) is 9.77 Å². The largest absolute Gasteiger partial charge is 0.370 e. The highest BCUT2D eigenvalue weighted by molar-refractivity contribution is 14.1. The number of hydrogen-bond acceptors (Lipinski definition) is 2. The Labute approximate surface area is 73.7 Å². The molecule has 0 aliphatic rings. The van der Waals surface area contributed by atoms with Crippen molar-refractivity contribution in [2.24, 2.45) is 0 Å². The molecule has 56 valence electrons. The summed E-state index contributed by atoms with van der Waals surface area (Å²) < 4.78 is 1.14. The van der Waals surface area contributed by atoms with Crippen LogP contribution < -0.4 is 5.32 Å². The molecule has 0 aliphatic carbocycles. The predicted octanol–water partition coefficient (Wildman–Crippen LogP) is 1.84. The first kappa shape index (κ1) is 7.84. The monoisotopic (exact) mass is 251 g/mol. The van der Waals surface area contributed by atoms with E-state index in [0.29, 0.717) is 0 Å². The number of hydrogen-bond donors (Lipinski definition) is 2. The van der Waals surface area contributed by atoms with Crippen LogP contribution in [0, 0.1) is 3.57 Å². The fourth-order valence-electron chi connectivity index (χ4n) is 0.645. The molecule has 0 fully saturated rings. The van der Waals surface area contributed by atoms with Gasteiger partial charge in [-0.25, -0.2) is 0 Å². The van der Waals surface area contributed by atoms with E-state index in [2.05, 4.69) is 45.0 Å². The summed E-state index contributed by atoms with van der Waals surface area (Å²) in [6, 6.07) is 0. The third kappa shape index (κ3) is 1.86. The van der Waals surface area contributed by atoms with E-state index in [1.165, 1.54) is 0 Å². The van der Waals surface area contributed by atoms with Gasteiger partial charge in [0.25, 0.3) is 0 Å². The van der Waals surface area contributed by atoms with Crippen molar-refractivity contribution < 1.29 is 0 Å². The molecule has 2 N–H and O–H groups in total. The van der Waals surface area contributed by atoms with Crippen molar-refractivity contribution in [2.75, 3.05) is 11.9 Å². The molecule has 0 amide bonds. The Morgan fingerprint density at radius 1 is 1.80 bits per heavy atom. The summed E-state index contributed by atoms with van der Waals surface area (Å²) in [5.74, 6) is 1.03. The van der Waals surface area contributed by atoms with Crippen LogP contribution in [-0.2, 0) is 0 Å². The Morgan fingerprint density at radius 2 is 2.60 bits per heavy atom. The van der Waals surface area contributed by atoms with E-state index in [4.69, 9.17) is 0 Å². The molecule has 0 radical (unpaired) electrons. The molecule has 1 aromatic heterocycles. The Hall–Kier alpha value is -0.260. The van der Waals surface area contributed by atoms with Gasteiger partial charge >= 0.3 is 0 Å². The van der Waals surface area contributed by atoms with E-state index in [9.17, 15) is 0 Å². The van der Waals surface area contributed by atoms with Crippen LogP contribution in [0.25, 0.3) is 0 Å². The molecular weight excluding hydrogens is 241 g/mol. The third-order valence-corrected chi connectivity index (χ3v) is 1.96. The first-order chi connectivity index (χ1) is 4.84. The van der Waals surface area contributed by atoms with Crippen molar-refractivity contribution >= 4 is 28.4 Å². The first-order valence-corrected chi connectivity index (χ1v) is 4.35. The average molecular weight is 251 g/mol. The highest BCUT2D eigenvalue weighted by Gasteiger charge is 1.97. The number of nitrogens with one attached hydrogen (secondary N) is 2. The number of aromatic nitrogens is 2. The fraction of sp³-hybridized carbons (Fsp3) is 0.500. The van der Waals surface area contributed by atoms with Gasteiger partial charge in [-0.1, -0.05) is 6.92 Å². The van der Waals surface area contributed by atoms with Crippen LogP contribution in [0.15, 0.2) is 6.20 Å². The molecule has 3 nitrogen and oxygen atoms in total. The quantitative estimate of drug-likeness (QED) is 0.804. The van der Waals surface area contributed by atoms with E-state index in [1.807, 2.05) is 0 Å². The lowest BCUT2D eigenvalue weighted by Crippen LogP contribution is -2.00. The van der Waals surface area contributed by atoms with Crippen LogP contribution in [0.3, 0.4) is 0 Å². The number of anilines is 1. The van der Waals surface area contributed by atoms with E-state index >= 15 is 0 Å². The van der Waals surface area contributed by atoms with Crippen molar-refractivity contribution in [1.82, 2.24) is 10.2 Å². The van der Waals surface area contributed by atoms with Gasteiger partial charge in [0.15, 0.2) is 0 Å². The third-order valence-electron chi connectivity index (χ3n) is 1.14. The minimum Gasteiger partial charge on any atom is -0.370 e. The number of aromatic amines is 1. The molecule has 0 atom stereocenters. The normalized spacial score (nSPS) is 9.80. The summed E-state index contributed by atoms with van der Waals surface area (Å²) in [5.41, 5.74) is 0. The van der Waals surface area contributed by atoms with Crippen molar-refractivity contribution in [3.8, 4) is 0 Å². The predicted molar refractivity (Wildman–Crippen MR) is 50.1 cm³/mol. The zero-order valence-electron chi connectivity index (χ0n) is 5.82. The molecule has 4 heteroatoms. The van der Waals surface area contributed by atoms with Gasteiger partial charge < -0.3 is 5.32 Å². The minimum absolute atomic E-state index is 0.998. The molecule has 0 saturated heterocycles. The lowest BCUT2D eigenvalue weighted by atomic mass is 10.5. The SMILES string of the molecule is CCCNc1[nH]ncc1I. The fourth-order valence-corrected chi connectivity index (χ4v) is 1.10. The molecule has 1 aromatic rings. The topological polar surface area (TPSA) is 40.7 Å². The maximum atomic E-state index is 3.88. The Balaban J connectivity index is 2.49. The van der Waals surface area contributed by atoms with Gasteiger partial charge in [-0.15, -0.1) is 0 Å². The molecule has 0 bridgehead atoms. The molecule has 0 aliphatic heterocycles. The van der Waals surface area contributed by atoms with E-state index in [1.54, 1.807) is 6.20 Å². The van der Waals surface area contributed by atoms with Gasteiger partial charge in [-0.2, -0.15) is 5.10 Å². The molecule has 1 rings (SSSR count). The molecule has 0 saturated carbocycles. The Bertz CT molecular complexity index is 197. The summed E-state index contributed by atoms with van der Waals surface area (Å²) in [7, 11) is 0. The summed E-state index contributed by atoms with van der Waals surface area (Å²) in [6.07, 6.45) is 2.94. The van der Waals surface area contributed by atoms with Gasteiger partial charge in [0.05, 0.1) is 9.77 Å². The second kappa shape index (κ2) is 3.80. The van der Waals surface area contributed by atoms with Crippen molar-refractivity contribution in [2.45, 2.75) is 13.3 Å². The zero-order valence-corrected chi connectivity index (χ0v) is 7.97. The van der Waals surface area contributed by atoms with E-state index in [-0.39, 0.29) is 0 Å². The second-order valence-corrected chi connectivity index (χ2v) is 3.18. The molecule has 0 spiro atoms. The Kier molecular flexibility index (Phi) is 2.98. The van der Waals surface area contributed by atoms with Gasteiger partial charge in [0, 0.05) is 6.54 Å². The lowest BCUT2D eigenvalue weighted by molar-refractivity contribution is 0.960. The van der Waals surface area contributed by atoms with Crippen LogP contribution in [0.1, 0.15) is 13.3 Å². The Morgan fingerprint density at radius 3 is 3.10 bits per heavy atom. The first-order valence-electron chi connectivity index (χ1n) is 3.27. The smallest absolute Gasteiger partial charge is 0.135 e. The van der Waals surface area contributed by atoms with Gasteiger partial charge in [0.1, 0.15) is 5.82 Å². The number of rotatable bonds is 3. The van der Waals surface area contributed by atoms with E-state index in [0.717, 1.165) is 22.4 Å². The number of halogens is 1. The summed E-state index contributed by atoms with van der Waals surface area (Å²) in [6.45, 7) is 3.13. The highest BCUT2D eigenvalue weighted by Crippen LogP contribution is 2.12. The maximum Gasteiger partial charge on any atom is 0.135 e. The summed E-state index contributed by atoms with van der Waals surface area (Å²) in [4.78, 5) is 0. The van der Waals surface area contributed by atoms with Crippen molar-refractivity contribution in [3.63, 3.8) is 0 Å². The molecule has 0 unspecified atom stereocenters. The van der Waals surface area contributed by atoms with Crippen LogP contribution in [0.4, 0.5) is 5.82 Å². The summed E-state index contributed by atoms with van der Waals surface area (Å²) in [5, 5.41) is 9.97. The molecule has 0 aromatic carbocycles. The molecule has 10 heavy (non-hydrogen) atoms. The number of H-pyrrole nitrogens is 1. The van der Waals surface area contributed by atoms with E-state index < -0.39 is 0 Å². The maximum absolute atomic E-state index is 3.88. The van der Waals surface area contributed by atoms with Gasteiger partial charge in [-0.3, -0.25) is 5.10 Å². The lowest BCUT2D eigenvalue weighted by Gasteiger charge is -1.99. The minimum atomic E-state index is 0.998. The second-order valence-electron chi connectivity index (χ2n) is 2.02. The van der Waals surface area contributed by atoms with Crippen molar-refractivity contribution in [1.29, 1.82) is 0 Å². The van der Waals surface area contributed by atoms with Gasteiger partial charge in [-0.05, 0) is 29.0 Å². The highest BCUT2D eigenvalue weighted by atomic mass is 127. The standard InChI is InChI=1S/C6H10IN3/c1-2-3-8-6-5(7)4-9-10-6/h4H,2-3H2,1H3,(H2,8,9,10). The van der Waals surface area contributed by atoms with Crippen LogP contribution >= 0.6 is 22.6 Å². The molecular formula is C6H10IN3. The van der Waals surface area contributed by atoms with Crippen LogP contribution in [0.2, 0.25) is 0 Å². The van der Waals surface area contributed by atoms with Gasteiger partial charge in [0.2, 0.25) is 0 Å². The van der Waals surface area contributed by atoms with Crippen LogP contribution in [0.5, 0.6) is 0 Å². The zero-order chi connectivity index (χ0) is 7.40. The summed E-state index contributed by atoms with van der Waals surface area (Å²) >= 11 is 2.24. The number of nitrogens with zero attached hydrogens (tertiary/aromatic N) is 1. The average Bonchev–Trinajstić information content (AvgIpc) is 2.31. The molecule has 1 heterocycles.